The molecule has 1 aliphatic carbocycles. The highest BCUT2D eigenvalue weighted by atomic mass is 79.9. The van der Waals surface area contributed by atoms with E-state index in [1.165, 1.54) is 22.9 Å². The molecule has 1 unspecified atom stereocenters. The summed E-state index contributed by atoms with van der Waals surface area (Å²) in [5, 5.41) is 3.55. The summed E-state index contributed by atoms with van der Waals surface area (Å²) in [6, 6.07) is 9.24. The number of hydrogen-bond donors (Lipinski definition) is 1. The van der Waals surface area contributed by atoms with Crippen LogP contribution in [0.15, 0.2) is 28.7 Å². The molecule has 2 rings (SSSR count). The highest BCUT2D eigenvalue weighted by molar-refractivity contribution is 9.10. The van der Waals surface area contributed by atoms with Gasteiger partial charge in [-0.2, -0.15) is 0 Å². The largest absolute Gasteiger partial charge is 0.382 e. The molecule has 106 valence electrons. The lowest BCUT2D eigenvalue weighted by atomic mass is 9.76. The monoisotopic (exact) mass is 327 g/mol. The van der Waals surface area contributed by atoms with E-state index in [4.69, 9.17) is 9.47 Å². The molecule has 1 atom stereocenters. The van der Waals surface area contributed by atoms with Crippen molar-refractivity contribution >= 4 is 15.9 Å². The van der Waals surface area contributed by atoms with Gasteiger partial charge in [0.05, 0.1) is 12.7 Å². The first-order valence-corrected chi connectivity index (χ1v) is 7.52. The van der Waals surface area contributed by atoms with Crippen LogP contribution in [-0.4, -0.2) is 39.5 Å². The lowest BCUT2D eigenvalue weighted by Crippen LogP contribution is -2.44. The van der Waals surface area contributed by atoms with E-state index in [1.54, 1.807) is 14.2 Å². The third-order valence-corrected chi connectivity index (χ3v) is 4.27. The quantitative estimate of drug-likeness (QED) is 0.835. The van der Waals surface area contributed by atoms with Gasteiger partial charge in [-0.05, 0) is 36.5 Å². The number of ether oxygens (including phenoxy) is 2. The van der Waals surface area contributed by atoms with Crippen molar-refractivity contribution < 1.29 is 9.47 Å². The van der Waals surface area contributed by atoms with E-state index in [9.17, 15) is 0 Å². The topological polar surface area (TPSA) is 30.5 Å². The maximum Gasteiger partial charge on any atom is 0.0928 e. The normalized spacial score (nSPS) is 23.9. The van der Waals surface area contributed by atoms with Crippen molar-refractivity contribution in [2.45, 2.75) is 30.9 Å². The Morgan fingerprint density at radius 2 is 2.16 bits per heavy atom. The highest BCUT2D eigenvalue weighted by Crippen LogP contribution is 2.37. The Labute approximate surface area is 123 Å². The number of nitrogens with one attached hydrogen (secondary N) is 1. The summed E-state index contributed by atoms with van der Waals surface area (Å²) in [7, 11) is 3.44. The molecule has 0 radical (unpaired) electrons. The number of hydrogen-bond acceptors (Lipinski definition) is 3. The van der Waals surface area contributed by atoms with Crippen LogP contribution in [-0.2, 0) is 9.47 Å². The Morgan fingerprint density at radius 1 is 1.37 bits per heavy atom. The number of methoxy groups -OCH3 is 2. The van der Waals surface area contributed by atoms with Crippen molar-refractivity contribution in [1.82, 2.24) is 5.32 Å². The van der Waals surface area contributed by atoms with Crippen LogP contribution in [0, 0.1) is 0 Å². The van der Waals surface area contributed by atoms with E-state index in [0.29, 0.717) is 18.6 Å². The van der Waals surface area contributed by atoms with Gasteiger partial charge in [-0.3, -0.25) is 0 Å². The van der Waals surface area contributed by atoms with E-state index in [-0.39, 0.29) is 6.10 Å². The van der Waals surface area contributed by atoms with Crippen LogP contribution in [0.2, 0.25) is 0 Å². The van der Waals surface area contributed by atoms with Gasteiger partial charge in [0.15, 0.2) is 0 Å². The third kappa shape index (κ3) is 4.28. The Bertz CT molecular complexity index is 393. The molecule has 1 aliphatic rings. The zero-order valence-corrected chi connectivity index (χ0v) is 13.2. The Balaban J connectivity index is 1.71. The molecule has 3 nitrogen and oxygen atoms in total. The number of benzene rings is 1. The van der Waals surface area contributed by atoms with E-state index in [1.807, 2.05) is 0 Å². The molecular weight excluding hydrogens is 306 g/mol. The minimum absolute atomic E-state index is 0.148. The first kappa shape index (κ1) is 15.0. The minimum atomic E-state index is 0.148. The minimum Gasteiger partial charge on any atom is -0.382 e. The average molecular weight is 328 g/mol. The molecule has 4 heteroatoms. The fraction of sp³-hybridized carbons (Fsp3) is 0.600. The maximum absolute atomic E-state index is 5.34. The summed E-state index contributed by atoms with van der Waals surface area (Å²) in [5.41, 5.74) is 1.44. The summed E-state index contributed by atoms with van der Waals surface area (Å²) in [5.74, 6) is 0.693. The molecule has 0 bridgehead atoms. The lowest BCUT2D eigenvalue weighted by molar-refractivity contribution is 0.0251. The predicted octanol–water partition coefficient (Wildman–Crippen LogP) is 2.95. The highest BCUT2D eigenvalue weighted by Gasteiger charge is 2.30. The fourth-order valence-corrected chi connectivity index (χ4v) is 2.93. The molecular formula is C15H22BrNO2. The Morgan fingerprint density at radius 3 is 2.79 bits per heavy atom. The Hall–Kier alpha value is -0.420. The maximum atomic E-state index is 5.34. The summed E-state index contributed by atoms with van der Waals surface area (Å²) in [4.78, 5) is 0. The summed E-state index contributed by atoms with van der Waals surface area (Å²) < 4.78 is 11.6. The van der Waals surface area contributed by atoms with Gasteiger partial charge < -0.3 is 14.8 Å². The summed E-state index contributed by atoms with van der Waals surface area (Å²) >= 11 is 3.53. The average Bonchev–Trinajstić information content (AvgIpc) is 2.35. The molecule has 1 N–H and O–H groups in total. The molecule has 0 heterocycles. The van der Waals surface area contributed by atoms with Gasteiger partial charge >= 0.3 is 0 Å². The fourth-order valence-electron chi connectivity index (χ4n) is 2.51. The van der Waals surface area contributed by atoms with Crippen LogP contribution in [0.25, 0.3) is 0 Å². The van der Waals surface area contributed by atoms with Crippen molar-refractivity contribution in [1.29, 1.82) is 0 Å². The summed E-state index contributed by atoms with van der Waals surface area (Å²) in [6.07, 6.45) is 2.56. The van der Waals surface area contributed by atoms with Gasteiger partial charge in [-0.25, -0.2) is 0 Å². The first-order chi connectivity index (χ1) is 9.22. The molecule has 1 aromatic carbocycles. The van der Waals surface area contributed by atoms with E-state index in [2.05, 4.69) is 45.5 Å². The molecule has 0 spiro atoms. The SMILES string of the molecule is COCC(CNC1CC(c2cccc(Br)c2)C1)OC. The van der Waals surface area contributed by atoms with Crippen LogP contribution < -0.4 is 5.32 Å². The van der Waals surface area contributed by atoms with Crippen molar-refractivity contribution in [3.8, 4) is 0 Å². The van der Waals surface area contributed by atoms with Crippen molar-refractivity contribution in [2.24, 2.45) is 0 Å². The second-order valence-corrected chi connectivity index (χ2v) is 6.06. The van der Waals surface area contributed by atoms with Gasteiger partial charge in [-0.1, -0.05) is 28.1 Å². The molecule has 1 aromatic rings. The smallest absolute Gasteiger partial charge is 0.0928 e. The predicted molar refractivity (Wildman–Crippen MR) is 80.6 cm³/mol. The molecule has 0 aliphatic heterocycles. The zero-order valence-electron chi connectivity index (χ0n) is 11.6. The Kier molecular flexibility index (Phi) is 5.82. The van der Waals surface area contributed by atoms with Crippen LogP contribution in [0.4, 0.5) is 0 Å². The van der Waals surface area contributed by atoms with Crippen LogP contribution in [0.5, 0.6) is 0 Å². The van der Waals surface area contributed by atoms with Crippen LogP contribution in [0.1, 0.15) is 24.3 Å². The van der Waals surface area contributed by atoms with Gasteiger partial charge in [-0.15, -0.1) is 0 Å². The second-order valence-electron chi connectivity index (χ2n) is 5.14. The standard InChI is InChI=1S/C15H22BrNO2/c1-18-10-15(19-2)9-17-14-7-12(8-14)11-4-3-5-13(16)6-11/h3-6,12,14-15,17H,7-10H2,1-2H3. The molecule has 1 saturated carbocycles. The van der Waals surface area contributed by atoms with E-state index >= 15 is 0 Å². The number of rotatable bonds is 7. The van der Waals surface area contributed by atoms with Crippen molar-refractivity contribution in [3.05, 3.63) is 34.3 Å². The molecule has 19 heavy (non-hydrogen) atoms. The van der Waals surface area contributed by atoms with Crippen molar-refractivity contribution in [3.63, 3.8) is 0 Å². The second kappa shape index (κ2) is 7.39. The zero-order chi connectivity index (χ0) is 13.7. The lowest BCUT2D eigenvalue weighted by Gasteiger charge is -2.37. The molecule has 1 fully saturated rings. The van der Waals surface area contributed by atoms with Crippen LogP contribution in [0.3, 0.4) is 0 Å². The van der Waals surface area contributed by atoms with E-state index in [0.717, 1.165) is 6.54 Å². The van der Waals surface area contributed by atoms with Gasteiger partial charge in [0, 0.05) is 31.3 Å². The van der Waals surface area contributed by atoms with Crippen molar-refractivity contribution in [2.75, 3.05) is 27.4 Å². The van der Waals surface area contributed by atoms with Gasteiger partial charge in [0.2, 0.25) is 0 Å². The molecule has 0 saturated heterocycles. The summed E-state index contributed by atoms with van der Waals surface area (Å²) in [6.45, 7) is 1.51. The third-order valence-electron chi connectivity index (χ3n) is 3.78. The van der Waals surface area contributed by atoms with Crippen LogP contribution >= 0.6 is 15.9 Å². The first-order valence-electron chi connectivity index (χ1n) is 6.73. The van der Waals surface area contributed by atoms with Gasteiger partial charge in [0.1, 0.15) is 0 Å². The number of halogens is 1. The van der Waals surface area contributed by atoms with Gasteiger partial charge in [0.25, 0.3) is 0 Å². The molecule has 0 amide bonds. The van der Waals surface area contributed by atoms with E-state index < -0.39 is 0 Å². The molecule has 0 aromatic heterocycles.